The average Bonchev–Trinajstić information content (AvgIpc) is 3.82. The van der Waals surface area contributed by atoms with Gasteiger partial charge in [0.1, 0.15) is 24.9 Å². The van der Waals surface area contributed by atoms with E-state index < -0.39 is 24.2 Å². The fourth-order valence-electron chi connectivity index (χ4n) is 5.80. The monoisotopic (exact) mass is 670 g/mol. The molecule has 10 nitrogen and oxygen atoms in total. The number of benzene rings is 4. The zero-order valence-corrected chi connectivity index (χ0v) is 27.4. The van der Waals surface area contributed by atoms with E-state index in [0.29, 0.717) is 12.2 Å². The molecule has 0 bridgehead atoms. The molecular formula is C40H38N4O6. The Balaban J connectivity index is 1.18. The van der Waals surface area contributed by atoms with Gasteiger partial charge in [-0.3, -0.25) is 10.1 Å². The number of ether oxygens (including phenoxy) is 2. The number of hydrogen-bond donors (Lipinski definition) is 3. The molecule has 4 aromatic carbocycles. The van der Waals surface area contributed by atoms with Crippen molar-refractivity contribution < 1.29 is 28.3 Å². The molecule has 0 fully saturated rings. The van der Waals surface area contributed by atoms with E-state index in [-0.39, 0.29) is 37.8 Å². The standard InChI is InChI=1S/C40H38N4O6/c45-24-33(32-23-42-34-19-11-10-18-31(32)34)39(48-25-29-14-6-2-7-15-29)44-35(22-28-12-4-1-5-13-28)38(46)41-21-20-36-37(43-27-50-36)40(47)49-26-30-16-8-3-9-17-30/h1-19,23-24,27,33,35,39,42,44H,20-22,25-26H2,(H,41,46)/t33?,35-,39-/m0/s1. The molecule has 1 amide bonds. The molecule has 0 saturated heterocycles. The van der Waals surface area contributed by atoms with Crippen molar-refractivity contribution in [1.29, 1.82) is 0 Å². The van der Waals surface area contributed by atoms with E-state index in [1.165, 1.54) is 6.39 Å². The minimum atomic E-state index is -0.855. The first-order valence-electron chi connectivity index (χ1n) is 16.5. The number of hydrogen-bond acceptors (Lipinski definition) is 8. The molecule has 0 aliphatic carbocycles. The summed E-state index contributed by atoms with van der Waals surface area (Å²) in [5.74, 6) is -1.35. The number of aldehydes is 1. The second-order valence-corrected chi connectivity index (χ2v) is 11.8. The second kappa shape index (κ2) is 17.0. The predicted molar refractivity (Wildman–Crippen MR) is 188 cm³/mol. The summed E-state index contributed by atoms with van der Waals surface area (Å²) < 4.78 is 17.3. The van der Waals surface area contributed by atoms with Gasteiger partial charge in [-0.2, -0.15) is 0 Å². The first kappa shape index (κ1) is 34.0. The Kier molecular flexibility index (Phi) is 11.6. The first-order chi connectivity index (χ1) is 24.6. The van der Waals surface area contributed by atoms with Crippen LogP contribution in [0.15, 0.2) is 132 Å². The highest BCUT2D eigenvalue weighted by Crippen LogP contribution is 2.28. The number of nitrogens with zero attached hydrogens (tertiary/aromatic N) is 1. The van der Waals surface area contributed by atoms with E-state index in [2.05, 4.69) is 20.6 Å². The van der Waals surface area contributed by atoms with Crippen LogP contribution in [0.25, 0.3) is 10.9 Å². The summed E-state index contributed by atoms with van der Waals surface area (Å²) >= 11 is 0. The molecule has 50 heavy (non-hydrogen) atoms. The lowest BCUT2D eigenvalue weighted by atomic mass is 9.96. The summed E-state index contributed by atoms with van der Waals surface area (Å²) in [7, 11) is 0. The summed E-state index contributed by atoms with van der Waals surface area (Å²) in [5, 5.41) is 7.26. The maximum absolute atomic E-state index is 13.9. The molecule has 3 atom stereocenters. The zero-order valence-electron chi connectivity index (χ0n) is 27.4. The van der Waals surface area contributed by atoms with Crippen LogP contribution in [-0.4, -0.2) is 46.9 Å². The molecule has 6 aromatic rings. The lowest BCUT2D eigenvalue weighted by Gasteiger charge is -2.29. The summed E-state index contributed by atoms with van der Waals surface area (Å²) in [6.45, 7) is 0.484. The average molecular weight is 671 g/mol. The minimum absolute atomic E-state index is 0.0658. The van der Waals surface area contributed by atoms with Crippen molar-refractivity contribution in [1.82, 2.24) is 20.6 Å². The fraction of sp³-hybridized carbons (Fsp3) is 0.200. The maximum atomic E-state index is 13.9. The van der Waals surface area contributed by atoms with E-state index in [4.69, 9.17) is 13.9 Å². The van der Waals surface area contributed by atoms with Crippen molar-refractivity contribution in [3.8, 4) is 0 Å². The van der Waals surface area contributed by atoms with Gasteiger partial charge >= 0.3 is 5.97 Å². The van der Waals surface area contributed by atoms with Crippen LogP contribution >= 0.6 is 0 Å². The van der Waals surface area contributed by atoms with Gasteiger partial charge in [-0.25, -0.2) is 9.78 Å². The van der Waals surface area contributed by atoms with Crippen LogP contribution in [0.3, 0.4) is 0 Å². The number of rotatable bonds is 17. The molecule has 1 unspecified atom stereocenters. The molecular weight excluding hydrogens is 632 g/mol. The molecule has 3 N–H and O–H groups in total. The number of carbonyl (C=O) groups excluding carboxylic acids is 3. The number of aromatic amines is 1. The van der Waals surface area contributed by atoms with Gasteiger partial charge in [0.25, 0.3) is 0 Å². The van der Waals surface area contributed by atoms with Crippen LogP contribution in [0.2, 0.25) is 0 Å². The van der Waals surface area contributed by atoms with Crippen molar-refractivity contribution in [2.24, 2.45) is 0 Å². The number of aromatic nitrogens is 2. The number of amides is 1. The van der Waals surface area contributed by atoms with Crippen LogP contribution < -0.4 is 10.6 Å². The number of fused-ring (bicyclic) bond motifs is 1. The molecule has 0 radical (unpaired) electrons. The summed E-state index contributed by atoms with van der Waals surface area (Å²) in [4.78, 5) is 46.8. The lowest BCUT2D eigenvalue weighted by Crippen LogP contribution is -2.52. The van der Waals surface area contributed by atoms with Gasteiger partial charge in [0.2, 0.25) is 5.91 Å². The summed E-state index contributed by atoms with van der Waals surface area (Å²) in [5.41, 5.74) is 4.42. The van der Waals surface area contributed by atoms with Gasteiger partial charge in [0.05, 0.1) is 18.6 Å². The van der Waals surface area contributed by atoms with Crippen molar-refractivity contribution >= 4 is 29.1 Å². The molecule has 0 spiro atoms. The molecule has 2 aromatic heterocycles. The molecule has 2 heterocycles. The van der Waals surface area contributed by atoms with Crippen molar-refractivity contribution in [3.05, 3.63) is 162 Å². The number of oxazole rings is 1. The number of carbonyl (C=O) groups is 3. The second-order valence-electron chi connectivity index (χ2n) is 11.8. The highest BCUT2D eigenvalue weighted by molar-refractivity contribution is 5.88. The number of para-hydroxylation sites is 1. The van der Waals surface area contributed by atoms with E-state index in [9.17, 15) is 14.4 Å². The quantitative estimate of drug-likeness (QED) is 0.0621. The molecule has 0 aliphatic rings. The number of H-pyrrole nitrogens is 1. The van der Waals surface area contributed by atoms with E-state index in [0.717, 1.165) is 39.4 Å². The summed E-state index contributed by atoms with van der Waals surface area (Å²) in [6.07, 6.45) is 3.55. The van der Waals surface area contributed by atoms with Crippen molar-refractivity contribution in [2.75, 3.05) is 6.54 Å². The molecule has 10 heteroatoms. The Hall–Kier alpha value is -5.84. The topological polar surface area (TPSA) is 136 Å². The normalized spacial score (nSPS) is 13.0. The van der Waals surface area contributed by atoms with Crippen LogP contribution in [0, 0.1) is 0 Å². The third-order valence-electron chi connectivity index (χ3n) is 8.39. The Bertz CT molecular complexity index is 1980. The van der Waals surface area contributed by atoms with Crippen LogP contribution in [0.4, 0.5) is 0 Å². The van der Waals surface area contributed by atoms with Crippen molar-refractivity contribution in [3.63, 3.8) is 0 Å². The first-order valence-corrected chi connectivity index (χ1v) is 16.5. The Morgan fingerprint density at radius 2 is 1.46 bits per heavy atom. The van der Waals surface area contributed by atoms with Gasteiger partial charge in [0.15, 0.2) is 12.1 Å². The molecule has 254 valence electrons. The molecule has 0 aliphatic heterocycles. The molecule has 0 saturated carbocycles. The van der Waals surface area contributed by atoms with Crippen LogP contribution in [0.5, 0.6) is 0 Å². The van der Waals surface area contributed by atoms with Crippen LogP contribution in [-0.2, 0) is 45.1 Å². The van der Waals surface area contributed by atoms with Gasteiger partial charge < -0.3 is 29.0 Å². The summed E-state index contributed by atoms with van der Waals surface area (Å²) in [6, 6.07) is 35.6. The Morgan fingerprint density at radius 1 is 0.820 bits per heavy atom. The smallest absolute Gasteiger partial charge is 0.360 e. The van der Waals surface area contributed by atoms with E-state index in [1.807, 2.05) is 121 Å². The minimum Gasteiger partial charge on any atom is -0.456 e. The fourth-order valence-corrected chi connectivity index (χ4v) is 5.80. The van der Waals surface area contributed by atoms with Gasteiger partial charge in [0, 0.05) is 30.1 Å². The van der Waals surface area contributed by atoms with Crippen molar-refractivity contribution in [2.45, 2.75) is 44.2 Å². The Morgan fingerprint density at radius 3 is 2.16 bits per heavy atom. The third kappa shape index (κ3) is 8.79. The third-order valence-corrected chi connectivity index (χ3v) is 8.39. The van der Waals surface area contributed by atoms with E-state index >= 15 is 0 Å². The molecule has 6 rings (SSSR count). The number of esters is 1. The SMILES string of the molecule is O=CC(c1c[nH]c2ccccc12)[C@@H](N[C@@H](Cc1ccccc1)C(=O)NCCc1ocnc1C(=O)OCc1ccccc1)OCc1ccccc1. The van der Waals surface area contributed by atoms with Gasteiger partial charge in [-0.1, -0.05) is 109 Å². The predicted octanol–water partition coefficient (Wildman–Crippen LogP) is 5.90. The highest BCUT2D eigenvalue weighted by atomic mass is 16.5. The zero-order chi connectivity index (χ0) is 34.5. The largest absolute Gasteiger partial charge is 0.456 e. The van der Waals surface area contributed by atoms with E-state index in [1.54, 1.807) is 0 Å². The Labute approximate surface area is 289 Å². The maximum Gasteiger partial charge on any atom is 0.360 e. The lowest BCUT2D eigenvalue weighted by molar-refractivity contribution is -0.126. The number of nitrogens with one attached hydrogen (secondary N) is 3. The van der Waals surface area contributed by atoms with Crippen LogP contribution in [0.1, 0.15) is 44.4 Å². The van der Waals surface area contributed by atoms with Gasteiger partial charge in [-0.05, 0) is 34.7 Å². The van der Waals surface area contributed by atoms with Gasteiger partial charge in [-0.15, -0.1) is 0 Å². The highest BCUT2D eigenvalue weighted by Gasteiger charge is 2.31.